The van der Waals surface area contributed by atoms with Crippen molar-refractivity contribution in [1.82, 2.24) is 9.97 Å². The highest BCUT2D eigenvalue weighted by Gasteiger charge is 2.18. The molecule has 2 N–H and O–H groups in total. The first-order chi connectivity index (χ1) is 14.1. The highest BCUT2D eigenvalue weighted by molar-refractivity contribution is 7.99. The lowest BCUT2D eigenvalue weighted by molar-refractivity contribution is -0.115. The summed E-state index contributed by atoms with van der Waals surface area (Å²) in [5.74, 6) is 1.65. The van der Waals surface area contributed by atoms with Gasteiger partial charge in [0.1, 0.15) is 11.4 Å². The number of amides is 1. The van der Waals surface area contributed by atoms with Crippen molar-refractivity contribution in [1.29, 1.82) is 0 Å². The molecule has 3 heterocycles. The molecule has 0 saturated heterocycles. The molecule has 4 aromatic rings. The van der Waals surface area contributed by atoms with Gasteiger partial charge in [-0.2, -0.15) is 0 Å². The van der Waals surface area contributed by atoms with E-state index in [0.717, 1.165) is 5.69 Å². The summed E-state index contributed by atoms with van der Waals surface area (Å²) in [4.78, 5) is 20.1. The molecule has 1 aromatic carbocycles. The van der Waals surface area contributed by atoms with Crippen LogP contribution in [-0.2, 0) is 4.79 Å². The quantitative estimate of drug-likeness (QED) is 0.322. The lowest BCUT2D eigenvalue weighted by Gasteiger charge is -2.07. The molecule has 1 amide bonds. The Bertz CT molecular complexity index is 1060. The Balaban J connectivity index is 1.42. The molecule has 0 aliphatic heterocycles. The lowest BCUT2D eigenvalue weighted by Crippen LogP contribution is -2.12. The van der Waals surface area contributed by atoms with Crippen LogP contribution in [-0.4, -0.2) is 21.6 Å². The van der Waals surface area contributed by atoms with Gasteiger partial charge in [0.2, 0.25) is 5.91 Å². The predicted molar refractivity (Wildman–Crippen MR) is 114 cm³/mol. The van der Waals surface area contributed by atoms with Crippen molar-refractivity contribution in [2.75, 3.05) is 11.1 Å². The van der Waals surface area contributed by atoms with Gasteiger partial charge in [-0.3, -0.25) is 4.79 Å². The van der Waals surface area contributed by atoms with Crippen molar-refractivity contribution in [3.05, 3.63) is 65.0 Å². The highest BCUT2D eigenvalue weighted by Crippen LogP contribution is 2.33. The first-order valence-corrected chi connectivity index (χ1v) is 10.4. The van der Waals surface area contributed by atoms with Crippen molar-refractivity contribution < 1.29 is 13.6 Å². The van der Waals surface area contributed by atoms with Gasteiger partial charge in [-0.1, -0.05) is 41.0 Å². The molecule has 0 spiro atoms. The van der Waals surface area contributed by atoms with E-state index in [1.807, 2.05) is 12.1 Å². The average molecular weight is 448 g/mol. The molecule has 148 valence electrons. The van der Waals surface area contributed by atoms with Crippen LogP contribution in [0.3, 0.4) is 0 Å². The molecule has 4 rings (SSSR count). The van der Waals surface area contributed by atoms with Crippen LogP contribution in [0.5, 0.6) is 0 Å². The second-order valence-electron chi connectivity index (χ2n) is 5.97. The number of carbonyl (C=O) groups excluding carboxylic acids is 1. The van der Waals surface area contributed by atoms with E-state index in [9.17, 15) is 4.79 Å². The molecule has 0 bridgehead atoms. The number of nitrogens with one attached hydrogen (secondary N) is 2. The molecule has 0 radical (unpaired) electrons. The standard InChI is InChI=1S/C20H15Cl2N3O3S/c21-12-4-1-5-13(17(12)22)23-16(26)8-11-29-20-24-18(14-6-2-9-27-14)19(25-20)15-7-3-10-28-15/h1-7,9-10H,8,11H2,(H,23,26)(H,24,25). The molecule has 0 aliphatic carbocycles. The van der Waals surface area contributed by atoms with E-state index in [-0.39, 0.29) is 12.3 Å². The lowest BCUT2D eigenvalue weighted by atomic mass is 10.2. The number of benzene rings is 1. The molecule has 29 heavy (non-hydrogen) atoms. The number of imidazole rings is 1. The van der Waals surface area contributed by atoms with E-state index < -0.39 is 0 Å². The molecular weight excluding hydrogens is 433 g/mol. The van der Waals surface area contributed by atoms with Crippen molar-refractivity contribution in [2.24, 2.45) is 0 Å². The smallest absolute Gasteiger partial charge is 0.225 e. The van der Waals surface area contributed by atoms with E-state index in [2.05, 4.69) is 15.3 Å². The summed E-state index contributed by atoms with van der Waals surface area (Å²) in [6.07, 6.45) is 3.47. The van der Waals surface area contributed by atoms with Crippen LogP contribution in [0.4, 0.5) is 5.69 Å². The molecule has 6 nitrogen and oxygen atoms in total. The number of aromatic nitrogens is 2. The molecule has 0 saturated carbocycles. The Hall–Kier alpha value is -2.61. The second-order valence-corrected chi connectivity index (χ2v) is 7.84. The Kier molecular flexibility index (Phi) is 5.99. The molecule has 0 atom stereocenters. The van der Waals surface area contributed by atoms with Gasteiger partial charge in [0, 0.05) is 12.2 Å². The van der Waals surface area contributed by atoms with E-state index in [1.165, 1.54) is 11.8 Å². The summed E-state index contributed by atoms with van der Waals surface area (Å²) in [5, 5.41) is 4.15. The molecular formula is C20H15Cl2N3O3S. The van der Waals surface area contributed by atoms with Crippen molar-refractivity contribution >= 4 is 46.6 Å². The first kappa shape index (κ1) is 19.7. The van der Waals surface area contributed by atoms with E-state index in [0.29, 0.717) is 43.9 Å². The second kappa shape index (κ2) is 8.82. The van der Waals surface area contributed by atoms with E-state index in [4.69, 9.17) is 32.0 Å². The van der Waals surface area contributed by atoms with Gasteiger partial charge in [0.25, 0.3) is 0 Å². The minimum atomic E-state index is -0.161. The molecule has 9 heteroatoms. The number of hydrogen-bond donors (Lipinski definition) is 2. The van der Waals surface area contributed by atoms with Gasteiger partial charge in [-0.25, -0.2) is 4.98 Å². The first-order valence-electron chi connectivity index (χ1n) is 8.66. The number of furan rings is 2. The fraction of sp³-hybridized carbons (Fsp3) is 0.100. The number of H-pyrrole nitrogens is 1. The van der Waals surface area contributed by atoms with Crippen LogP contribution in [0.25, 0.3) is 22.9 Å². The normalized spacial score (nSPS) is 11.0. The van der Waals surface area contributed by atoms with Crippen LogP contribution >= 0.6 is 35.0 Å². The average Bonchev–Trinajstić information content (AvgIpc) is 3.46. The fourth-order valence-electron chi connectivity index (χ4n) is 2.66. The van der Waals surface area contributed by atoms with Crippen LogP contribution < -0.4 is 5.32 Å². The summed E-state index contributed by atoms with van der Waals surface area (Å²) < 4.78 is 11.0. The molecule has 0 fully saturated rings. The van der Waals surface area contributed by atoms with Gasteiger partial charge in [-0.15, -0.1) is 0 Å². The van der Waals surface area contributed by atoms with Crippen LogP contribution in [0.1, 0.15) is 6.42 Å². The third kappa shape index (κ3) is 4.53. The third-order valence-electron chi connectivity index (χ3n) is 4.00. The van der Waals surface area contributed by atoms with Crippen LogP contribution in [0.15, 0.2) is 69.0 Å². The number of halogens is 2. The Morgan fingerprint density at radius 1 is 1.07 bits per heavy atom. The number of thioether (sulfide) groups is 1. The Morgan fingerprint density at radius 2 is 1.83 bits per heavy atom. The number of anilines is 1. The fourth-order valence-corrected chi connectivity index (χ4v) is 3.82. The van der Waals surface area contributed by atoms with Crippen LogP contribution in [0.2, 0.25) is 10.0 Å². The molecule has 0 unspecified atom stereocenters. The maximum Gasteiger partial charge on any atom is 0.225 e. The van der Waals surface area contributed by atoms with Crippen molar-refractivity contribution in [2.45, 2.75) is 11.6 Å². The Morgan fingerprint density at radius 3 is 2.55 bits per heavy atom. The highest BCUT2D eigenvalue weighted by atomic mass is 35.5. The van der Waals surface area contributed by atoms with E-state index in [1.54, 1.807) is 42.9 Å². The monoisotopic (exact) mass is 447 g/mol. The summed E-state index contributed by atoms with van der Waals surface area (Å²) in [7, 11) is 0. The topological polar surface area (TPSA) is 84.1 Å². The van der Waals surface area contributed by atoms with Crippen molar-refractivity contribution in [3.63, 3.8) is 0 Å². The molecule has 0 aliphatic rings. The summed E-state index contributed by atoms with van der Waals surface area (Å²) >= 11 is 13.5. The zero-order valence-electron chi connectivity index (χ0n) is 14.9. The number of nitrogens with zero attached hydrogens (tertiary/aromatic N) is 1. The SMILES string of the molecule is O=C(CCSc1nc(-c2ccco2)c(-c2ccco2)[nH]1)Nc1cccc(Cl)c1Cl. The molecule has 3 aromatic heterocycles. The van der Waals surface area contributed by atoms with Crippen molar-refractivity contribution in [3.8, 4) is 22.9 Å². The van der Waals surface area contributed by atoms with Gasteiger partial charge < -0.3 is 19.1 Å². The van der Waals surface area contributed by atoms with Crippen LogP contribution in [0, 0.1) is 0 Å². The Labute approximate surface area is 180 Å². The number of hydrogen-bond acceptors (Lipinski definition) is 5. The number of aromatic amines is 1. The zero-order valence-corrected chi connectivity index (χ0v) is 17.3. The van der Waals surface area contributed by atoms with Gasteiger partial charge in [0.05, 0.1) is 28.3 Å². The van der Waals surface area contributed by atoms with Gasteiger partial charge in [-0.05, 0) is 36.4 Å². The zero-order chi connectivity index (χ0) is 20.2. The minimum absolute atomic E-state index is 0.161. The third-order valence-corrected chi connectivity index (χ3v) is 5.69. The summed E-state index contributed by atoms with van der Waals surface area (Å²) in [6.45, 7) is 0. The number of carbonyl (C=O) groups is 1. The maximum absolute atomic E-state index is 12.2. The van der Waals surface area contributed by atoms with Gasteiger partial charge >= 0.3 is 0 Å². The summed E-state index contributed by atoms with van der Waals surface area (Å²) in [6, 6.07) is 12.4. The van der Waals surface area contributed by atoms with Gasteiger partial charge in [0.15, 0.2) is 16.7 Å². The van der Waals surface area contributed by atoms with E-state index >= 15 is 0 Å². The largest absolute Gasteiger partial charge is 0.463 e. The summed E-state index contributed by atoms with van der Waals surface area (Å²) in [5.41, 5.74) is 1.87. The minimum Gasteiger partial charge on any atom is -0.463 e. The maximum atomic E-state index is 12.2. The predicted octanol–water partition coefficient (Wildman–Crippen LogP) is 6.36. The number of rotatable bonds is 7.